The highest BCUT2D eigenvalue weighted by molar-refractivity contribution is 6.13. The fourth-order valence-electron chi connectivity index (χ4n) is 13.1. The number of benzene rings is 4. The lowest BCUT2D eigenvalue weighted by Crippen LogP contribution is -2.50. The number of ether oxygens (including phenoxy) is 6. The van der Waals surface area contributed by atoms with E-state index in [4.69, 9.17) is 28.4 Å². The fourth-order valence-corrected chi connectivity index (χ4v) is 13.1. The number of unbranched alkanes of at least 4 members (excludes halogenated alkanes) is 2. The van der Waals surface area contributed by atoms with E-state index in [0.717, 1.165) is 57.9 Å². The first kappa shape index (κ1) is 68.5. The van der Waals surface area contributed by atoms with Gasteiger partial charge in [0.2, 0.25) is 11.8 Å². The molecule has 5 aliphatic heterocycles. The smallest absolute Gasteiger partial charge is 0.416 e. The van der Waals surface area contributed by atoms with E-state index in [1.165, 1.54) is 38.5 Å². The summed E-state index contributed by atoms with van der Waals surface area (Å²) >= 11 is 0. The third kappa shape index (κ3) is 16.2. The SMILES string of the molecule is COc1ccc(C2=CN3C(=O)c4cc(OC)c(OCCCOc5cc6c(cc5OC)C(=O)N5CC7(CC7)C[C@H]5C(O)N6C(=O)OCc5ccc(CC(=O)[C@H](C)NC(=O)[C@H](CC(=O)CNC(=O)CCC(=O)CCCCCN6C(=O)C=CC6=O)C(C)C)cc5)cc4CC[C@H]3C2)cc1. The molecule has 5 heterocycles. The van der Waals surface area contributed by atoms with Gasteiger partial charge >= 0.3 is 6.09 Å². The van der Waals surface area contributed by atoms with Crippen LogP contribution in [0.1, 0.15) is 147 Å². The van der Waals surface area contributed by atoms with Crippen LogP contribution in [-0.2, 0) is 57.7 Å². The minimum atomic E-state index is -1.48. The van der Waals surface area contributed by atoms with Gasteiger partial charge in [-0.2, -0.15) is 0 Å². The van der Waals surface area contributed by atoms with E-state index in [-0.39, 0.29) is 146 Å². The van der Waals surface area contributed by atoms with E-state index >= 15 is 0 Å². The Hall–Kier alpha value is -9.38. The summed E-state index contributed by atoms with van der Waals surface area (Å²) in [6, 6.07) is 19.7. The van der Waals surface area contributed by atoms with Gasteiger partial charge in [0.1, 0.15) is 18.1 Å². The van der Waals surface area contributed by atoms with Gasteiger partial charge in [-0.1, -0.05) is 56.7 Å². The number of aryl methyl sites for hydroxylation is 1. The van der Waals surface area contributed by atoms with Crippen LogP contribution in [0.25, 0.3) is 5.57 Å². The number of Topliss-reactive ketones (excluding diaryl/α,β-unsaturated/α-hetero) is 3. The molecule has 0 radical (unpaired) electrons. The number of nitrogens with zero attached hydrogens (tertiary/aromatic N) is 4. The molecule has 1 unspecified atom stereocenters. The van der Waals surface area contributed by atoms with Crippen molar-refractivity contribution in [3.05, 3.63) is 125 Å². The van der Waals surface area contributed by atoms with Crippen molar-refractivity contribution in [2.45, 2.75) is 148 Å². The maximum absolute atomic E-state index is 14.5. The minimum Gasteiger partial charge on any atom is -0.497 e. The summed E-state index contributed by atoms with van der Waals surface area (Å²) in [6.45, 7) is 5.60. The molecule has 5 atom stereocenters. The highest BCUT2D eigenvalue weighted by Crippen LogP contribution is 2.57. The zero-order valence-corrected chi connectivity index (χ0v) is 54.7. The van der Waals surface area contributed by atoms with Crippen LogP contribution >= 0.6 is 0 Å². The molecule has 7 amide bonds. The molecule has 3 N–H and O–H groups in total. The monoisotopic (exact) mass is 1300 g/mol. The van der Waals surface area contributed by atoms with Crippen LogP contribution in [0.15, 0.2) is 91.1 Å². The number of ketones is 3. The van der Waals surface area contributed by atoms with Gasteiger partial charge < -0.3 is 54.0 Å². The number of nitrogens with one attached hydrogen (secondary N) is 2. The molecule has 504 valence electrons. The summed E-state index contributed by atoms with van der Waals surface area (Å²) in [7, 11) is 4.61. The first-order valence-corrected chi connectivity index (χ1v) is 32.7. The molecule has 1 saturated carbocycles. The second-order valence-electron chi connectivity index (χ2n) is 25.8. The molecular weight excluding hydrogens is 1220 g/mol. The molecule has 95 heavy (non-hydrogen) atoms. The molecular formula is C72H84N6O17. The second kappa shape index (κ2) is 30.4. The Morgan fingerprint density at radius 2 is 1.39 bits per heavy atom. The Morgan fingerprint density at radius 1 is 0.716 bits per heavy atom. The third-order valence-electron chi connectivity index (χ3n) is 18.9. The van der Waals surface area contributed by atoms with Crippen molar-refractivity contribution in [2.24, 2.45) is 17.3 Å². The molecule has 2 fully saturated rings. The van der Waals surface area contributed by atoms with Gasteiger partial charge in [-0.15, -0.1) is 0 Å². The second-order valence-corrected chi connectivity index (χ2v) is 25.8. The highest BCUT2D eigenvalue weighted by atomic mass is 16.6. The van der Waals surface area contributed by atoms with Gasteiger partial charge in [-0.25, -0.2) is 9.69 Å². The lowest BCUT2D eigenvalue weighted by atomic mass is 9.89. The van der Waals surface area contributed by atoms with Gasteiger partial charge in [0.05, 0.1) is 64.4 Å². The van der Waals surface area contributed by atoms with Gasteiger partial charge in [0.25, 0.3) is 23.6 Å². The Balaban J connectivity index is 0.699. The first-order chi connectivity index (χ1) is 45.7. The van der Waals surface area contributed by atoms with E-state index in [2.05, 4.69) is 10.6 Å². The summed E-state index contributed by atoms with van der Waals surface area (Å²) in [4.78, 5) is 137. The zero-order chi connectivity index (χ0) is 67.7. The number of fused-ring (bicyclic) bond motifs is 4. The van der Waals surface area contributed by atoms with E-state index in [1.807, 2.05) is 41.4 Å². The first-order valence-electron chi connectivity index (χ1n) is 32.7. The average molecular weight is 1310 g/mol. The van der Waals surface area contributed by atoms with Crippen molar-refractivity contribution < 1.29 is 81.5 Å². The molecule has 23 heteroatoms. The van der Waals surface area contributed by atoms with E-state index < -0.39 is 42.1 Å². The molecule has 1 aliphatic carbocycles. The van der Waals surface area contributed by atoms with Crippen LogP contribution in [0.5, 0.6) is 28.7 Å². The van der Waals surface area contributed by atoms with Gasteiger partial charge in [0.15, 0.2) is 40.8 Å². The summed E-state index contributed by atoms with van der Waals surface area (Å²) < 4.78 is 35.3. The van der Waals surface area contributed by atoms with Crippen molar-refractivity contribution in [2.75, 3.05) is 59.1 Å². The average Bonchev–Trinajstić information content (AvgIpc) is 1.57. The summed E-state index contributed by atoms with van der Waals surface area (Å²) in [5, 5.41) is 17.5. The minimum absolute atomic E-state index is 0.00595. The molecule has 1 spiro atoms. The van der Waals surface area contributed by atoms with Crippen LogP contribution in [0, 0.1) is 17.3 Å². The van der Waals surface area contributed by atoms with Crippen molar-refractivity contribution in [1.82, 2.24) is 25.3 Å². The zero-order valence-electron chi connectivity index (χ0n) is 54.7. The number of anilines is 1. The molecule has 0 aromatic heterocycles. The predicted molar refractivity (Wildman–Crippen MR) is 348 cm³/mol. The van der Waals surface area contributed by atoms with Gasteiger partial charge in [0, 0.05) is 93.6 Å². The third-order valence-corrected chi connectivity index (χ3v) is 18.9. The molecule has 0 bridgehead atoms. The topological polar surface area (TPSA) is 283 Å². The van der Waals surface area contributed by atoms with Crippen LogP contribution in [0.2, 0.25) is 0 Å². The Labute approximate surface area is 552 Å². The van der Waals surface area contributed by atoms with Crippen LogP contribution in [-0.4, -0.2) is 157 Å². The summed E-state index contributed by atoms with van der Waals surface area (Å²) in [5.74, 6) is -1.89. The van der Waals surface area contributed by atoms with Crippen molar-refractivity contribution in [1.29, 1.82) is 0 Å². The van der Waals surface area contributed by atoms with Gasteiger partial charge in [-0.3, -0.25) is 48.1 Å². The molecule has 23 nitrogen and oxygen atoms in total. The molecule has 1 saturated heterocycles. The maximum atomic E-state index is 14.5. The standard InChI is InChI=1S/C72H84N6O17/c1-43(2)54(34-52(80)39-73-64(82)23-20-51(79)11-8-7-9-28-75-65(83)24-25-66(75)84)67(85)74-44(3)59(81)31-45-12-14-46(15-13-45)41-95-71(89)78-57-37-63(61(92-6)36-56(57)69(87)77-42-72(26-27-72)38-58(77)70(78)88)94-30-10-29-93-62-33-48-16-19-50-32-49(47-17-21-53(90-4)22-18-47)40-76(50)68(86)55(48)35-60(62)91-5/h12-15,17-18,21-22,24-25,33,35-37,40,43-44,50,54,58,70,88H,7-11,16,19-20,23,26-32,34,38-39,41-42H2,1-6H3,(H,73,82)(H,74,85)/t44-,50-,54+,58-,70?/m0/s1. The quantitative estimate of drug-likeness (QED) is 0.0317. The predicted octanol–water partition coefficient (Wildman–Crippen LogP) is 8.03. The number of carbonyl (C=O) groups is 10. The number of rotatable bonds is 31. The van der Waals surface area contributed by atoms with E-state index in [1.54, 1.807) is 63.1 Å². The highest BCUT2D eigenvalue weighted by Gasteiger charge is 2.58. The van der Waals surface area contributed by atoms with E-state index in [0.29, 0.717) is 73.3 Å². The number of imide groups is 1. The summed E-state index contributed by atoms with van der Waals surface area (Å²) in [5.41, 5.74) is 4.81. The Bertz CT molecular complexity index is 3650. The number of hydrogen-bond donors (Lipinski definition) is 3. The van der Waals surface area contributed by atoms with Crippen LogP contribution < -0.4 is 39.2 Å². The van der Waals surface area contributed by atoms with Gasteiger partial charge in [-0.05, 0) is 128 Å². The van der Waals surface area contributed by atoms with Crippen molar-refractivity contribution >= 4 is 70.1 Å². The van der Waals surface area contributed by atoms with Crippen molar-refractivity contribution in [3.63, 3.8) is 0 Å². The molecule has 4 aromatic rings. The largest absolute Gasteiger partial charge is 0.497 e. The fraction of sp³-hybridized carbons (Fsp3) is 0.472. The van der Waals surface area contributed by atoms with E-state index in [9.17, 15) is 53.1 Å². The lowest BCUT2D eigenvalue weighted by Gasteiger charge is -2.31. The molecule has 6 aliphatic rings. The van der Waals surface area contributed by atoms with Crippen molar-refractivity contribution in [3.8, 4) is 28.7 Å². The molecule has 10 rings (SSSR count). The number of aliphatic hydroxyl groups excluding tert-OH is 1. The maximum Gasteiger partial charge on any atom is 0.416 e. The normalized spacial score (nSPS) is 18.8. The summed E-state index contributed by atoms with van der Waals surface area (Å²) in [6.07, 6.45) is 8.50. The number of amides is 7. The lowest BCUT2D eigenvalue weighted by molar-refractivity contribution is -0.137. The Kier molecular flexibility index (Phi) is 21.9. The van der Waals surface area contributed by atoms with Crippen LogP contribution in [0.4, 0.5) is 10.5 Å². The number of carbonyl (C=O) groups excluding carboxylic acids is 10. The number of methoxy groups -OCH3 is 3. The number of aliphatic hydroxyl groups is 1. The molecule has 4 aromatic carbocycles. The Morgan fingerprint density at radius 3 is 2.05 bits per heavy atom. The number of hydrogen-bond acceptors (Lipinski definition) is 17. The van der Waals surface area contributed by atoms with Crippen LogP contribution in [0.3, 0.4) is 0 Å².